The average molecular weight is 207 g/mol. The number of fused-ring (bicyclic) bond motifs is 1. The van der Waals surface area contributed by atoms with Gasteiger partial charge in [-0.3, -0.25) is 4.79 Å². The molecule has 15 heavy (non-hydrogen) atoms. The molecule has 0 fully saturated rings. The fourth-order valence-corrected chi connectivity index (χ4v) is 1.66. The summed E-state index contributed by atoms with van der Waals surface area (Å²) >= 11 is 0. The second-order valence-electron chi connectivity index (χ2n) is 3.47. The van der Waals surface area contributed by atoms with Gasteiger partial charge in [-0.05, 0) is 23.3 Å². The monoisotopic (exact) mass is 207 g/mol. The minimum absolute atomic E-state index is 0.422. The molecule has 0 saturated carbocycles. The smallest absolute Gasteiger partial charge is 0.327 e. The summed E-state index contributed by atoms with van der Waals surface area (Å²) in [6.07, 6.45) is 0.872. The molecule has 0 aromatic heterocycles. The fourth-order valence-electron chi connectivity index (χ4n) is 1.66. The molecule has 0 unspecified atom stereocenters. The second-order valence-corrected chi connectivity index (χ2v) is 3.47. The van der Waals surface area contributed by atoms with E-state index in [1.54, 1.807) is 6.07 Å². The van der Waals surface area contributed by atoms with Gasteiger partial charge in [0.1, 0.15) is 11.8 Å². The van der Waals surface area contributed by atoms with Crippen LogP contribution >= 0.6 is 0 Å². The summed E-state index contributed by atoms with van der Waals surface area (Å²) in [5.41, 5.74) is 7.60. The minimum Gasteiger partial charge on any atom is -0.493 e. The Kier molecular flexibility index (Phi) is 2.60. The fraction of sp³-hybridized carbons (Fsp3) is 0.364. The van der Waals surface area contributed by atoms with Crippen LogP contribution in [0.1, 0.15) is 17.2 Å². The van der Waals surface area contributed by atoms with Gasteiger partial charge in [-0.25, -0.2) is 0 Å². The first-order chi connectivity index (χ1) is 7.22. The molecule has 80 valence electrons. The third-order valence-electron chi connectivity index (χ3n) is 2.53. The number of methoxy groups -OCH3 is 1. The SMILES string of the molecule is COC(=O)[C@H](N)c1ccc2c(c1)CCO2. The molecule has 0 saturated heterocycles. The van der Waals surface area contributed by atoms with Crippen molar-refractivity contribution < 1.29 is 14.3 Å². The number of ether oxygens (including phenoxy) is 2. The van der Waals surface area contributed by atoms with Crippen LogP contribution in [0, 0.1) is 0 Å². The molecule has 2 N–H and O–H groups in total. The maximum absolute atomic E-state index is 11.2. The van der Waals surface area contributed by atoms with Crippen molar-refractivity contribution in [3.8, 4) is 5.75 Å². The van der Waals surface area contributed by atoms with E-state index in [9.17, 15) is 4.79 Å². The van der Waals surface area contributed by atoms with Crippen LogP contribution in [0.3, 0.4) is 0 Å². The summed E-state index contributed by atoms with van der Waals surface area (Å²) in [5.74, 6) is 0.463. The first-order valence-corrected chi connectivity index (χ1v) is 4.81. The lowest BCUT2D eigenvalue weighted by Crippen LogP contribution is -2.22. The molecular weight excluding hydrogens is 194 g/mol. The van der Waals surface area contributed by atoms with Crippen LogP contribution in [-0.4, -0.2) is 19.7 Å². The number of benzene rings is 1. The van der Waals surface area contributed by atoms with E-state index in [4.69, 9.17) is 10.5 Å². The standard InChI is InChI=1S/C11H13NO3/c1-14-11(13)10(12)8-2-3-9-7(6-8)4-5-15-9/h2-3,6,10H,4-5,12H2,1H3/t10-/m1/s1. The van der Waals surface area contributed by atoms with Crippen molar-refractivity contribution in [2.75, 3.05) is 13.7 Å². The zero-order chi connectivity index (χ0) is 10.8. The van der Waals surface area contributed by atoms with Crippen LogP contribution < -0.4 is 10.5 Å². The molecule has 0 spiro atoms. The van der Waals surface area contributed by atoms with Gasteiger partial charge in [-0.2, -0.15) is 0 Å². The van der Waals surface area contributed by atoms with Crippen molar-refractivity contribution in [3.05, 3.63) is 29.3 Å². The van der Waals surface area contributed by atoms with Crippen molar-refractivity contribution in [1.82, 2.24) is 0 Å². The predicted molar refractivity (Wildman–Crippen MR) is 54.6 cm³/mol. The highest BCUT2D eigenvalue weighted by Gasteiger charge is 2.19. The summed E-state index contributed by atoms with van der Waals surface area (Å²) in [7, 11) is 1.33. The molecule has 1 aliphatic heterocycles. The van der Waals surface area contributed by atoms with Crippen molar-refractivity contribution in [2.24, 2.45) is 5.73 Å². The van der Waals surface area contributed by atoms with E-state index >= 15 is 0 Å². The highest BCUT2D eigenvalue weighted by molar-refractivity contribution is 5.77. The molecule has 1 heterocycles. The average Bonchev–Trinajstić information content (AvgIpc) is 2.73. The van der Waals surface area contributed by atoms with E-state index < -0.39 is 12.0 Å². The molecule has 1 aromatic carbocycles. The van der Waals surface area contributed by atoms with E-state index in [1.165, 1.54) is 7.11 Å². The lowest BCUT2D eigenvalue weighted by atomic mass is 10.0. The second kappa shape index (κ2) is 3.90. The summed E-state index contributed by atoms with van der Waals surface area (Å²) in [4.78, 5) is 11.2. The van der Waals surface area contributed by atoms with E-state index in [0.717, 1.165) is 23.3 Å². The van der Waals surface area contributed by atoms with Gasteiger partial charge < -0.3 is 15.2 Å². The molecule has 0 aliphatic carbocycles. The number of hydrogen-bond acceptors (Lipinski definition) is 4. The Labute approximate surface area is 88.0 Å². The Morgan fingerprint density at radius 3 is 3.13 bits per heavy atom. The maximum atomic E-state index is 11.2. The lowest BCUT2D eigenvalue weighted by Gasteiger charge is -2.10. The van der Waals surface area contributed by atoms with Crippen LogP contribution in [0.4, 0.5) is 0 Å². The van der Waals surface area contributed by atoms with E-state index in [2.05, 4.69) is 4.74 Å². The number of carbonyl (C=O) groups excluding carboxylic acids is 1. The van der Waals surface area contributed by atoms with Gasteiger partial charge in [-0.15, -0.1) is 0 Å². The van der Waals surface area contributed by atoms with Crippen molar-refractivity contribution in [1.29, 1.82) is 0 Å². The molecule has 0 radical (unpaired) electrons. The molecule has 4 heteroatoms. The molecular formula is C11H13NO3. The summed E-state index contributed by atoms with van der Waals surface area (Å²) in [6, 6.07) is 4.84. The van der Waals surface area contributed by atoms with Crippen LogP contribution in [0.5, 0.6) is 5.75 Å². The van der Waals surface area contributed by atoms with Crippen molar-refractivity contribution in [2.45, 2.75) is 12.5 Å². The van der Waals surface area contributed by atoms with Gasteiger partial charge in [0, 0.05) is 6.42 Å². The third-order valence-corrected chi connectivity index (χ3v) is 2.53. The number of carbonyl (C=O) groups is 1. The molecule has 1 aromatic rings. The van der Waals surface area contributed by atoms with E-state index in [0.29, 0.717) is 6.61 Å². The zero-order valence-corrected chi connectivity index (χ0v) is 8.53. The van der Waals surface area contributed by atoms with Gasteiger partial charge in [0.15, 0.2) is 0 Å². The largest absolute Gasteiger partial charge is 0.493 e. The van der Waals surface area contributed by atoms with Gasteiger partial charge in [0.05, 0.1) is 13.7 Å². The zero-order valence-electron chi connectivity index (χ0n) is 8.53. The van der Waals surface area contributed by atoms with Gasteiger partial charge in [0.25, 0.3) is 0 Å². The molecule has 1 atom stereocenters. The van der Waals surface area contributed by atoms with E-state index in [-0.39, 0.29) is 0 Å². The Morgan fingerprint density at radius 2 is 2.40 bits per heavy atom. The molecule has 2 rings (SSSR count). The van der Waals surface area contributed by atoms with Crippen molar-refractivity contribution in [3.63, 3.8) is 0 Å². The van der Waals surface area contributed by atoms with Crippen LogP contribution in [0.25, 0.3) is 0 Å². The third kappa shape index (κ3) is 1.80. The predicted octanol–water partition coefficient (Wildman–Crippen LogP) is 0.794. The van der Waals surface area contributed by atoms with Gasteiger partial charge in [0.2, 0.25) is 0 Å². The van der Waals surface area contributed by atoms with Crippen LogP contribution in [0.15, 0.2) is 18.2 Å². The van der Waals surface area contributed by atoms with E-state index in [1.807, 2.05) is 12.1 Å². The highest BCUT2D eigenvalue weighted by Crippen LogP contribution is 2.27. The Hall–Kier alpha value is -1.55. The highest BCUT2D eigenvalue weighted by atomic mass is 16.5. The van der Waals surface area contributed by atoms with Crippen LogP contribution in [-0.2, 0) is 16.0 Å². The lowest BCUT2D eigenvalue weighted by molar-refractivity contribution is -0.142. The molecule has 1 aliphatic rings. The van der Waals surface area contributed by atoms with Gasteiger partial charge >= 0.3 is 5.97 Å². The quantitative estimate of drug-likeness (QED) is 0.728. The maximum Gasteiger partial charge on any atom is 0.327 e. The first kappa shape index (κ1) is 9.98. The number of rotatable bonds is 2. The Bertz CT molecular complexity index is 389. The number of nitrogens with two attached hydrogens (primary N) is 1. The van der Waals surface area contributed by atoms with Crippen LogP contribution in [0.2, 0.25) is 0 Å². The van der Waals surface area contributed by atoms with Gasteiger partial charge in [-0.1, -0.05) is 6.07 Å². The summed E-state index contributed by atoms with van der Waals surface area (Å²) in [5, 5.41) is 0. The van der Waals surface area contributed by atoms with Crippen molar-refractivity contribution >= 4 is 5.97 Å². The Balaban J connectivity index is 2.26. The Morgan fingerprint density at radius 1 is 1.60 bits per heavy atom. The minimum atomic E-state index is -0.708. The number of esters is 1. The molecule has 4 nitrogen and oxygen atoms in total. The first-order valence-electron chi connectivity index (χ1n) is 4.81. The topological polar surface area (TPSA) is 61.5 Å². The normalized spacial score (nSPS) is 15.3. The summed E-state index contributed by atoms with van der Waals surface area (Å²) < 4.78 is 9.95. The molecule has 0 bridgehead atoms. The summed E-state index contributed by atoms with van der Waals surface area (Å²) in [6.45, 7) is 0.701. The molecule has 0 amide bonds. The number of hydrogen-bond donors (Lipinski definition) is 1.